The summed E-state index contributed by atoms with van der Waals surface area (Å²) in [6.45, 7) is 2.23. The predicted molar refractivity (Wildman–Crippen MR) is 83.9 cm³/mol. The van der Waals surface area contributed by atoms with Crippen molar-refractivity contribution in [1.29, 1.82) is 5.41 Å². The van der Waals surface area contributed by atoms with Crippen molar-refractivity contribution in [3.8, 4) is 5.75 Å². The minimum Gasteiger partial charge on any atom is -0.491 e. The molecule has 0 bridgehead atoms. The zero-order valence-electron chi connectivity index (χ0n) is 11.9. The Labute approximate surface area is 126 Å². The first-order valence-electron chi connectivity index (χ1n) is 6.84. The lowest BCUT2D eigenvalue weighted by Gasteiger charge is -2.10. The average Bonchev–Trinajstić information content (AvgIpc) is 2.42. The van der Waals surface area contributed by atoms with Gasteiger partial charge in [0.25, 0.3) is 0 Å². The van der Waals surface area contributed by atoms with Crippen molar-refractivity contribution < 1.29 is 9.13 Å². The maximum Gasteiger partial charge on any atom is 0.134 e. The summed E-state index contributed by atoms with van der Waals surface area (Å²) in [5.41, 5.74) is 5.99. The topological polar surface area (TPSA) is 59.1 Å². The van der Waals surface area contributed by atoms with Crippen LogP contribution in [0.4, 0.5) is 4.39 Å². The van der Waals surface area contributed by atoms with Crippen LogP contribution in [-0.2, 0) is 0 Å². The minimum absolute atomic E-state index is 0. The number of nitrogens with one attached hydrogen (secondary N) is 1. The summed E-state index contributed by atoms with van der Waals surface area (Å²) in [6, 6.07) is 6.82. The number of alkyl halides is 1. The number of benzene rings is 1. The van der Waals surface area contributed by atoms with Gasteiger partial charge in [-0.3, -0.25) is 5.41 Å². The molecule has 20 heavy (non-hydrogen) atoms. The smallest absolute Gasteiger partial charge is 0.134 e. The normalized spacial score (nSPS) is 11.5. The van der Waals surface area contributed by atoms with Crippen molar-refractivity contribution in [2.75, 3.05) is 6.61 Å². The largest absolute Gasteiger partial charge is 0.491 e. The van der Waals surface area contributed by atoms with Gasteiger partial charge in [-0.1, -0.05) is 32.6 Å². The Morgan fingerprint density at radius 2 is 1.90 bits per heavy atom. The third-order valence-corrected chi connectivity index (χ3v) is 2.97. The molecule has 0 radical (unpaired) electrons. The number of nitrogens with two attached hydrogens (primary N) is 1. The SMILES string of the molecule is CCCCCCC(F)COc1ccc(C(=N)N)cc1.Cl. The molecule has 1 atom stereocenters. The lowest BCUT2D eigenvalue weighted by molar-refractivity contribution is 0.184. The molecule has 0 heterocycles. The van der Waals surface area contributed by atoms with Gasteiger partial charge >= 0.3 is 0 Å². The number of hydrogen-bond acceptors (Lipinski definition) is 2. The van der Waals surface area contributed by atoms with Crippen molar-refractivity contribution in [3.05, 3.63) is 29.8 Å². The summed E-state index contributed by atoms with van der Waals surface area (Å²) < 4.78 is 18.9. The van der Waals surface area contributed by atoms with Crippen LogP contribution in [0, 0.1) is 5.41 Å². The van der Waals surface area contributed by atoms with Crippen LogP contribution < -0.4 is 10.5 Å². The van der Waals surface area contributed by atoms with Crippen molar-refractivity contribution in [2.45, 2.75) is 45.2 Å². The lowest BCUT2D eigenvalue weighted by atomic mass is 10.1. The molecule has 0 amide bonds. The van der Waals surface area contributed by atoms with E-state index in [9.17, 15) is 4.39 Å². The molecule has 0 aliphatic carbocycles. The summed E-state index contributed by atoms with van der Waals surface area (Å²) in [5.74, 6) is 0.632. The molecule has 114 valence electrons. The highest BCUT2D eigenvalue weighted by Gasteiger charge is 2.07. The van der Waals surface area contributed by atoms with Gasteiger partial charge in [-0.05, 0) is 30.7 Å². The van der Waals surface area contributed by atoms with Crippen LogP contribution in [0.25, 0.3) is 0 Å². The molecule has 0 aliphatic heterocycles. The molecule has 0 aromatic heterocycles. The summed E-state index contributed by atoms with van der Waals surface area (Å²) in [5, 5.41) is 7.26. The molecular formula is C15H24ClFN2O. The Morgan fingerprint density at radius 1 is 1.25 bits per heavy atom. The Kier molecular flexibility index (Phi) is 9.82. The maximum atomic E-state index is 13.5. The first-order chi connectivity index (χ1) is 9.13. The second kappa shape index (κ2) is 10.5. The molecular weight excluding hydrogens is 279 g/mol. The molecule has 0 fully saturated rings. The summed E-state index contributed by atoms with van der Waals surface area (Å²) >= 11 is 0. The molecule has 1 unspecified atom stereocenters. The molecule has 3 N–H and O–H groups in total. The van der Waals surface area contributed by atoms with Gasteiger partial charge in [0.2, 0.25) is 0 Å². The van der Waals surface area contributed by atoms with E-state index in [1.807, 2.05) is 0 Å². The monoisotopic (exact) mass is 302 g/mol. The van der Waals surface area contributed by atoms with E-state index in [4.69, 9.17) is 15.9 Å². The van der Waals surface area contributed by atoms with E-state index >= 15 is 0 Å². The first kappa shape index (κ1) is 18.7. The second-order valence-corrected chi connectivity index (χ2v) is 4.70. The van der Waals surface area contributed by atoms with Crippen molar-refractivity contribution >= 4 is 18.2 Å². The Hall–Kier alpha value is -1.29. The van der Waals surface area contributed by atoms with Gasteiger partial charge in [0.1, 0.15) is 24.4 Å². The molecule has 0 aliphatic rings. The average molecular weight is 303 g/mol. The van der Waals surface area contributed by atoms with E-state index in [1.54, 1.807) is 24.3 Å². The number of amidine groups is 1. The maximum absolute atomic E-state index is 13.5. The van der Waals surface area contributed by atoms with Gasteiger partial charge in [-0.15, -0.1) is 12.4 Å². The van der Waals surface area contributed by atoms with Crippen LogP contribution in [-0.4, -0.2) is 18.6 Å². The third-order valence-electron chi connectivity index (χ3n) is 2.97. The fourth-order valence-electron chi connectivity index (χ4n) is 1.79. The van der Waals surface area contributed by atoms with E-state index in [-0.39, 0.29) is 24.8 Å². The molecule has 5 heteroatoms. The van der Waals surface area contributed by atoms with Crippen LogP contribution in [0.15, 0.2) is 24.3 Å². The van der Waals surface area contributed by atoms with E-state index in [0.29, 0.717) is 17.7 Å². The fraction of sp³-hybridized carbons (Fsp3) is 0.533. The van der Waals surface area contributed by atoms with Crippen LogP contribution in [0.1, 0.15) is 44.6 Å². The second-order valence-electron chi connectivity index (χ2n) is 4.70. The highest BCUT2D eigenvalue weighted by Crippen LogP contribution is 2.14. The van der Waals surface area contributed by atoms with E-state index in [0.717, 1.165) is 19.3 Å². The summed E-state index contributed by atoms with van der Waals surface area (Å²) in [6.07, 6.45) is 3.98. The van der Waals surface area contributed by atoms with Crippen LogP contribution in [0.2, 0.25) is 0 Å². The Bertz CT molecular complexity index is 384. The molecule has 0 spiro atoms. The van der Waals surface area contributed by atoms with Crippen molar-refractivity contribution in [3.63, 3.8) is 0 Å². The van der Waals surface area contributed by atoms with E-state index in [2.05, 4.69) is 6.92 Å². The number of halogens is 2. The van der Waals surface area contributed by atoms with Gasteiger partial charge in [-0.2, -0.15) is 0 Å². The van der Waals surface area contributed by atoms with Gasteiger partial charge in [0, 0.05) is 5.56 Å². The Balaban J connectivity index is 0.00000361. The quantitative estimate of drug-likeness (QED) is 0.410. The molecule has 0 saturated carbocycles. The van der Waals surface area contributed by atoms with Crippen molar-refractivity contribution in [2.24, 2.45) is 5.73 Å². The molecule has 1 rings (SSSR count). The molecule has 1 aromatic rings. The van der Waals surface area contributed by atoms with Gasteiger partial charge < -0.3 is 10.5 Å². The Morgan fingerprint density at radius 3 is 2.45 bits per heavy atom. The predicted octanol–water partition coefficient (Wildman–Crippen LogP) is 4.08. The number of ether oxygens (including phenoxy) is 1. The van der Waals surface area contributed by atoms with Gasteiger partial charge in [0.05, 0.1) is 0 Å². The highest BCUT2D eigenvalue weighted by molar-refractivity contribution is 5.94. The lowest BCUT2D eigenvalue weighted by Crippen LogP contribution is -2.13. The first-order valence-corrected chi connectivity index (χ1v) is 6.84. The minimum atomic E-state index is -0.913. The zero-order chi connectivity index (χ0) is 14.1. The van der Waals surface area contributed by atoms with Crippen LogP contribution >= 0.6 is 12.4 Å². The zero-order valence-corrected chi connectivity index (χ0v) is 12.7. The van der Waals surface area contributed by atoms with Crippen LogP contribution in [0.5, 0.6) is 5.75 Å². The van der Waals surface area contributed by atoms with E-state index < -0.39 is 6.17 Å². The molecule has 0 saturated heterocycles. The van der Waals surface area contributed by atoms with Gasteiger partial charge in [-0.25, -0.2) is 4.39 Å². The molecule has 3 nitrogen and oxygen atoms in total. The number of unbranched alkanes of at least 4 members (excludes halogenated alkanes) is 3. The van der Waals surface area contributed by atoms with E-state index in [1.165, 1.54) is 6.42 Å². The molecule has 1 aromatic carbocycles. The number of hydrogen-bond donors (Lipinski definition) is 2. The highest BCUT2D eigenvalue weighted by atomic mass is 35.5. The standard InChI is InChI=1S/C15H23FN2O.ClH/c1-2-3-4-5-6-13(16)11-19-14-9-7-12(8-10-14)15(17)18;/h7-10,13H,2-6,11H2,1H3,(H3,17,18);1H. The summed E-state index contributed by atoms with van der Waals surface area (Å²) in [4.78, 5) is 0. The van der Waals surface area contributed by atoms with Gasteiger partial charge in [0.15, 0.2) is 0 Å². The van der Waals surface area contributed by atoms with Crippen molar-refractivity contribution in [1.82, 2.24) is 0 Å². The van der Waals surface area contributed by atoms with Crippen LogP contribution in [0.3, 0.4) is 0 Å². The summed E-state index contributed by atoms with van der Waals surface area (Å²) in [7, 11) is 0. The fourth-order valence-corrected chi connectivity index (χ4v) is 1.79. The number of nitrogen functional groups attached to an aromatic ring is 1. The third kappa shape index (κ3) is 7.34. The number of rotatable bonds is 9.